The van der Waals surface area contributed by atoms with Crippen LogP contribution in [-0.4, -0.2) is 47.3 Å². The lowest BCUT2D eigenvalue weighted by atomic mass is 9.90. The average Bonchev–Trinajstić information content (AvgIpc) is 2.82. The maximum atomic E-state index is 13.1. The second kappa shape index (κ2) is 14.0. The van der Waals surface area contributed by atoms with Gasteiger partial charge in [0.05, 0.1) is 13.0 Å². The second-order valence-electron chi connectivity index (χ2n) is 8.13. The van der Waals surface area contributed by atoms with Crippen molar-refractivity contribution in [2.45, 2.75) is 46.3 Å². The summed E-state index contributed by atoms with van der Waals surface area (Å²) in [7, 11) is 1.54. The standard InChI is InChI=1S/C24H31N3O6.CH4/c1-15(2)13-19(21(28)24(31)27-32)22(29)26-20(14-16-7-5-4-6-8-16)23(30)25-17-9-11-18(33-3)12-10-17;/h4-12,15,19-21,28,32H,13-14H2,1-3H3,(H,25,30)(H,26,29)(H,27,31);1H4/t19-,20+,21?;/m1./s1. The minimum absolute atomic E-state index is 0. The van der Waals surface area contributed by atoms with Crippen molar-refractivity contribution >= 4 is 23.4 Å². The number of carbonyl (C=O) groups excluding carboxylic acids is 3. The number of benzene rings is 2. The van der Waals surface area contributed by atoms with E-state index in [1.165, 1.54) is 12.6 Å². The van der Waals surface area contributed by atoms with Crippen molar-refractivity contribution in [3.05, 3.63) is 60.2 Å². The van der Waals surface area contributed by atoms with E-state index in [4.69, 9.17) is 9.94 Å². The van der Waals surface area contributed by atoms with Crippen LogP contribution in [-0.2, 0) is 20.8 Å². The molecule has 0 spiro atoms. The van der Waals surface area contributed by atoms with Gasteiger partial charge in [-0.2, -0.15) is 0 Å². The molecule has 0 radical (unpaired) electrons. The molecule has 0 bridgehead atoms. The summed E-state index contributed by atoms with van der Waals surface area (Å²) >= 11 is 0. The Kier molecular flexibility index (Phi) is 11.8. The molecular formula is C25H35N3O6. The SMILES string of the molecule is C.COc1ccc(NC(=O)[C@H](Cc2ccccc2)NC(=O)[C@H](CC(C)C)C(O)C(=O)NO)cc1. The maximum Gasteiger partial charge on any atom is 0.272 e. The molecule has 0 aliphatic heterocycles. The van der Waals surface area contributed by atoms with E-state index in [2.05, 4.69) is 10.6 Å². The minimum Gasteiger partial charge on any atom is -0.497 e. The molecule has 2 rings (SSSR count). The lowest BCUT2D eigenvalue weighted by Gasteiger charge is -2.25. The van der Waals surface area contributed by atoms with E-state index in [1.807, 2.05) is 44.2 Å². The van der Waals surface area contributed by atoms with Crippen molar-refractivity contribution in [1.82, 2.24) is 10.8 Å². The Bertz CT molecular complexity index is 918. The number of aliphatic hydroxyl groups is 1. The Hall–Kier alpha value is -3.43. The van der Waals surface area contributed by atoms with Crippen LogP contribution in [0, 0.1) is 11.8 Å². The molecule has 3 atom stereocenters. The molecular weight excluding hydrogens is 438 g/mol. The number of hydroxylamine groups is 1. The van der Waals surface area contributed by atoms with Crippen molar-refractivity contribution in [2.24, 2.45) is 11.8 Å². The third-order valence-electron chi connectivity index (χ3n) is 5.10. The first-order valence-electron chi connectivity index (χ1n) is 10.7. The monoisotopic (exact) mass is 473 g/mol. The smallest absolute Gasteiger partial charge is 0.272 e. The van der Waals surface area contributed by atoms with Gasteiger partial charge in [0.2, 0.25) is 11.8 Å². The number of carbonyl (C=O) groups is 3. The molecule has 34 heavy (non-hydrogen) atoms. The van der Waals surface area contributed by atoms with Gasteiger partial charge in [-0.25, -0.2) is 5.48 Å². The van der Waals surface area contributed by atoms with E-state index in [0.29, 0.717) is 11.4 Å². The summed E-state index contributed by atoms with van der Waals surface area (Å²) in [4.78, 5) is 37.9. The second-order valence-corrected chi connectivity index (χ2v) is 8.13. The lowest BCUT2D eigenvalue weighted by Crippen LogP contribution is -2.51. The third kappa shape index (κ3) is 8.49. The predicted octanol–water partition coefficient (Wildman–Crippen LogP) is 2.53. The minimum atomic E-state index is -1.76. The van der Waals surface area contributed by atoms with Gasteiger partial charge in [-0.1, -0.05) is 51.6 Å². The molecule has 186 valence electrons. The first-order chi connectivity index (χ1) is 15.7. The number of amides is 3. The normalized spacial score (nSPS) is 13.1. The van der Waals surface area contributed by atoms with Crippen molar-refractivity contribution in [2.75, 3.05) is 12.4 Å². The Morgan fingerprint density at radius 3 is 2.09 bits per heavy atom. The summed E-state index contributed by atoms with van der Waals surface area (Å²) in [5.41, 5.74) is 2.71. The fourth-order valence-corrected chi connectivity index (χ4v) is 3.38. The number of hydrogen-bond donors (Lipinski definition) is 5. The Morgan fingerprint density at radius 1 is 0.941 bits per heavy atom. The topological polar surface area (TPSA) is 137 Å². The van der Waals surface area contributed by atoms with E-state index >= 15 is 0 Å². The van der Waals surface area contributed by atoms with Crippen LogP contribution in [0.15, 0.2) is 54.6 Å². The van der Waals surface area contributed by atoms with E-state index < -0.39 is 35.8 Å². The van der Waals surface area contributed by atoms with E-state index in [-0.39, 0.29) is 26.2 Å². The Morgan fingerprint density at radius 2 is 1.56 bits per heavy atom. The summed E-state index contributed by atoms with van der Waals surface area (Å²) in [5.74, 6) is -2.74. The molecule has 0 saturated heterocycles. The van der Waals surface area contributed by atoms with Crippen LogP contribution < -0.4 is 20.9 Å². The largest absolute Gasteiger partial charge is 0.497 e. The molecule has 0 saturated carbocycles. The summed E-state index contributed by atoms with van der Waals surface area (Å²) in [5, 5.41) is 24.6. The molecule has 5 N–H and O–H groups in total. The molecule has 0 aliphatic carbocycles. The highest BCUT2D eigenvalue weighted by Gasteiger charge is 2.34. The van der Waals surface area contributed by atoms with Gasteiger partial charge in [0, 0.05) is 12.1 Å². The fourth-order valence-electron chi connectivity index (χ4n) is 3.38. The Labute approximate surface area is 200 Å². The number of hydrogen-bond acceptors (Lipinski definition) is 6. The number of methoxy groups -OCH3 is 1. The number of rotatable bonds is 11. The Balaban J connectivity index is 0.00000578. The van der Waals surface area contributed by atoms with Gasteiger partial charge in [0.15, 0.2) is 0 Å². The molecule has 9 nitrogen and oxygen atoms in total. The molecule has 2 aromatic carbocycles. The summed E-state index contributed by atoms with van der Waals surface area (Å²) in [6.45, 7) is 3.67. The summed E-state index contributed by atoms with van der Waals surface area (Å²) < 4.78 is 5.12. The molecule has 0 heterocycles. The van der Waals surface area contributed by atoms with Crippen LogP contribution in [0.4, 0.5) is 5.69 Å². The van der Waals surface area contributed by atoms with Crippen LogP contribution in [0.1, 0.15) is 33.3 Å². The highest BCUT2D eigenvalue weighted by molar-refractivity contribution is 5.98. The van der Waals surface area contributed by atoms with Gasteiger partial charge in [0.25, 0.3) is 5.91 Å². The van der Waals surface area contributed by atoms with Gasteiger partial charge in [-0.05, 0) is 42.2 Å². The van der Waals surface area contributed by atoms with E-state index in [9.17, 15) is 19.5 Å². The highest BCUT2D eigenvalue weighted by atomic mass is 16.5. The molecule has 2 aromatic rings. The van der Waals surface area contributed by atoms with Gasteiger partial charge in [-0.3, -0.25) is 19.6 Å². The maximum absolute atomic E-state index is 13.1. The first-order valence-corrected chi connectivity index (χ1v) is 10.7. The number of anilines is 1. The predicted molar refractivity (Wildman–Crippen MR) is 129 cm³/mol. The number of ether oxygens (including phenoxy) is 1. The molecule has 0 fully saturated rings. The fraction of sp³-hybridized carbons (Fsp3) is 0.400. The zero-order chi connectivity index (χ0) is 24.4. The molecule has 1 unspecified atom stereocenters. The third-order valence-corrected chi connectivity index (χ3v) is 5.10. The number of nitrogens with one attached hydrogen (secondary N) is 3. The van der Waals surface area contributed by atoms with Crippen LogP contribution in [0.25, 0.3) is 0 Å². The van der Waals surface area contributed by atoms with Crippen molar-refractivity contribution in [1.29, 1.82) is 0 Å². The molecule has 9 heteroatoms. The molecule has 3 amide bonds. The van der Waals surface area contributed by atoms with Crippen molar-refractivity contribution in [3.8, 4) is 5.75 Å². The number of aliphatic hydroxyl groups excluding tert-OH is 1. The highest BCUT2D eigenvalue weighted by Crippen LogP contribution is 2.19. The van der Waals surface area contributed by atoms with Gasteiger partial charge < -0.3 is 20.5 Å². The zero-order valence-corrected chi connectivity index (χ0v) is 18.9. The van der Waals surface area contributed by atoms with Gasteiger partial charge >= 0.3 is 0 Å². The van der Waals surface area contributed by atoms with Gasteiger partial charge in [0.1, 0.15) is 17.9 Å². The van der Waals surface area contributed by atoms with E-state index in [1.54, 1.807) is 24.3 Å². The van der Waals surface area contributed by atoms with Crippen LogP contribution >= 0.6 is 0 Å². The van der Waals surface area contributed by atoms with Crippen LogP contribution in [0.2, 0.25) is 0 Å². The van der Waals surface area contributed by atoms with Crippen LogP contribution in [0.3, 0.4) is 0 Å². The average molecular weight is 474 g/mol. The van der Waals surface area contributed by atoms with Crippen molar-refractivity contribution < 1.29 is 29.4 Å². The van der Waals surface area contributed by atoms with Crippen molar-refractivity contribution in [3.63, 3.8) is 0 Å². The summed E-state index contributed by atoms with van der Waals surface area (Å²) in [6.07, 6.45) is -1.39. The van der Waals surface area contributed by atoms with Gasteiger partial charge in [-0.15, -0.1) is 0 Å². The molecule has 0 aromatic heterocycles. The zero-order valence-electron chi connectivity index (χ0n) is 18.9. The summed E-state index contributed by atoms with van der Waals surface area (Å²) in [6, 6.07) is 14.9. The first kappa shape index (κ1) is 28.6. The molecule has 0 aliphatic rings. The van der Waals surface area contributed by atoms with Crippen LogP contribution in [0.5, 0.6) is 5.75 Å². The van der Waals surface area contributed by atoms with E-state index in [0.717, 1.165) is 5.56 Å². The quantitative estimate of drug-likeness (QED) is 0.251. The lowest BCUT2D eigenvalue weighted by molar-refractivity contribution is -0.147.